The van der Waals surface area contributed by atoms with E-state index in [2.05, 4.69) is 55.3 Å². The molecule has 0 aliphatic rings. The van der Waals surface area contributed by atoms with Gasteiger partial charge in [-0.1, -0.05) is 31.2 Å². The Labute approximate surface area is 119 Å². The third kappa shape index (κ3) is 3.43. The van der Waals surface area contributed by atoms with Gasteiger partial charge in [-0.15, -0.1) is 11.3 Å². The van der Waals surface area contributed by atoms with Crippen LogP contribution in [0.15, 0.2) is 24.3 Å². The summed E-state index contributed by atoms with van der Waals surface area (Å²) < 4.78 is 0. The van der Waals surface area contributed by atoms with Crippen molar-refractivity contribution < 1.29 is 0 Å². The summed E-state index contributed by atoms with van der Waals surface area (Å²) in [5.41, 5.74) is 3.89. The fourth-order valence-corrected chi connectivity index (χ4v) is 3.15. The van der Waals surface area contributed by atoms with Gasteiger partial charge in [0, 0.05) is 17.3 Å². The number of thiazole rings is 1. The second-order valence-electron chi connectivity index (χ2n) is 4.89. The van der Waals surface area contributed by atoms with Gasteiger partial charge in [0.1, 0.15) is 0 Å². The minimum atomic E-state index is 0.343. The molecule has 2 rings (SSSR count). The molecule has 1 heterocycles. The molecule has 0 saturated heterocycles. The molecule has 1 aromatic carbocycles. The van der Waals surface area contributed by atoms with Gasteiger partial charge in [-0.3, -0.25) is 0 Å². The van der Waals surface area contributed by atoms with Crippen molar-refractivity contribution in [1.82, 2.24) is 10.3 Å². The summed E-state index contributed by atoms with van der Waals surface area (Å²) in [4.78, 5) is 5.96. The highest BCUT2D eigenvalue weighted by Gasteiger charge is 2.13. The largest absolute Gasteiger partial charge is 0.313 e. The summed E-state index contributed by atoms with van der Waals surface area (Å²) >= 11 is 1.81. The van der Waals surface area contributed by atoms with Crippen molar-refractivity contribution in [2.75, 3.05) is 7.05 Å². The molecule has 1 aromatic heterocycles. The van der Waals surface area contributed by atoms with Crippen LogP contribution in [0.5, 0.6) is 0 Å². The van der Waals surface area contributed by atoms with Crippen molar-refractivity contribution in [2.24, 2.45) is 0 Å². The number of benzene rings is 1. The first-order chi connectivity index (χ1) is 9.13. The van der Waals surface area contributed by atoms with E-state index in [0.29, 0.717) is 6.04 Å². The highest BCUT2D eigenvalue weighted by molar-refractivity contribution is 7.11. The number of hydrogen-bond acceptors (Lipinski definition) is 3. The first-order valence-electron chi connectivity index (χ1n) is 6.83. The zero-order valence-electron chi connectivity index (χ0n) is 12.2. The molecular formula is C16H22N2S. The maximum Gasteiger partial charge on any atom is 0.0949 e. The third-order valence-electron chi connectivity index (χ3n) is 3.59. The summed E-state index contributed by atoms with van der Waals surface area (Å²) in [6, 6.07) is 9.24. The van der Waals surface area contributed by atoms with Crippen molar-refractivity contribution in [3.8, 4) is 0 Å². The number of nitrogens with zero attached hydrogens (tertiary/aromatic N) is 1. The van der Waals surface area contributed by atoms with Crippen molar-refractivity contribution >= 4 is 11.3 Å². The van der Waals surface area contributed by atoms with Crippen LogP contribution >= 0.6 is 11.3 Å². The Kier molecular flexibility index (Phi) is 4.72. The molecule has 2 nitrogen and oxygen atoms in total. The van der Waals surface area contributed by atoms with E-state index < -0.39 is 0 Å². The molecule has 0 radical (unpaired) electrons. The predicted molar refractivity (Wildman–Crippen MR) is 82.9 cm³/mol. The number of rotatable bonds is 5. The van der Waals surface area contributed by atoms with Crippen molar-refractivity contribution in [2.45, 2.75) is 39.7 Å². The molecule has 0 saturated carbocycles. The molecule has 0 aliphatic heterocycles. The lowest BCUT2D eigenvalue weighted by Gasteiger charge is -2.15. The van der Waals surface area contributed by atoms with E-state index in [0.717, 1.165) is 18.5 Å². The van der Waals surface area contributed by atoms with E-state index in [9.17, 15) is 0 Å². The smallest absolute Gasteiger partial charge is 0.0949 e. The highest BCUT2D eigenvalue weighted by Crippen LogP contribution is 2.23. The lowest BCUT2D eigenvalue weighted by Crippen LogP contribution is -2.18. The summed E-state index contributed by atoms with van der Waals surface area (Å²) in [5, 5.41) is 4.62. The van der Waals surface area contributed by atoms with E-state index in [4.69, 9.17) is 0 Å². The molecule has 3 heteroatoms. The van der Waals surface area contributed by atoms with E-state index in [1.54, 1.807) is 0 Å². The van der Waals surface area contributed by atoms with Gasteiger partial charge in [0.25, 0.3) is 0 Å². The van der Waals surface area contributed by atoms with Crippen LogP contribution in [0.4, 0.5) is 0 Å². The predicted octanol–water partition coefficient (Wildman–Crippen LogP) is 3.83. The normalized spacial score (nSPS) is 12.6. The summed E-state index contributed by atoms with van der Waals surface area (Å²) in [6.07, 6.45) is 2.05. The molecule has 19 heavy (non-hydrogen) atoms. The second kappa shape index (κ2) is 6.31. The monoisotopic (exact) mass is 274 g/mol. The Hall–Kier alpha value is -1.19. The average molecular weight is 274 g/mol. The van der Waals surface area contributed by atoms with E-state index >= 15 is 0 Å². The number of aromatic nitrogens is 1. The Bertz CT molecular complexity index is 509. The molecular weight excluding hydrogens is 252 g/mol. The summed E-state index contributed by atoms with van der Waals surface area (Å²) in [7, 11) is 2.02. The van der Waals surface area contributed by atoms with Crippen molar-refractivity contribution in [3.63, 3.8) is 0 Å². The van der Waals surface area contributed by atoms with Crippen LogP contribution in [-0.2, 0) is 12.8 Å². The van der Waals surface area contributed by atoms with Gasteiger partial charge < -0.3 is 5.32 Å². The molecule has 0 amide bonds. The lowest BCUT2D eigenvalue weighted by molar-refractivity contribution is 0.590. The first kappa shape index (κ1) is 14.2. The SMILES string of the molecule is CCc1ccc(C(Cc2nc(C)c(C)s2)NC)cc1. The molecule has 1 N–H and O–H groups in total. The van der Waals surface area contributed by atoms with Crippen molar-refractivity contribution in [3.05, 3.63) is 51.0 Å². The molecule has 2 aromatic rings. The Morgan fingerprint density at radius 2 is 1.89 bits per heavy atom. The Morgan fingerprint density at radius 1 is 1.21 bits per heavy atom. The fourth-order valence-electron chi connectivity index (χ4n) is 2.17. The van der Waals surface area contributed by atoms with Gasteiger partial charge in [0.2, 0.25) is 0 Å². The van der Waals surface area contributed by atoms with E-state index in [1.807, 2.05) is 18.4 Å². The Morgan fingerprint density at radius 3 is 2.37 bits per heavy atom. The van der Waals surface area contributed by atoms with Gasteiger partial charge in [0.15, 0.2) is 0 Å². The third-order valence-corrected chi connectivity index (χ3v) is 4.69. The van der Waals surface area contributed by atoms with Gasteiger partial charge in [-0.2, -0.15) is 0 Å². The van der Waals surface area contributed by atoms with Gasteiger partial charge in [-0.25, -0.2) is 4.98 Å². The number of nitrogens with one attached hydrogen (secondary N) is 1. The molecule has 0 aliphatic carbocycles. The summed E-state index contributed by atoms with van der Waals surface area (Å²) in [5.74, 6) is 0. The van der Waals surface area contributed by atoms with Crippen LogP contribution in [0.25, 0.3) is 0 Å². The van der Waals surface area contributed by atoms with Crippen LogP contribution < -0.4 is 5.32 Å². The molecule has 0 bridgehead atoms. The molecule has 102 valence electrons. The van der Waals surface area contributed by atoms with E-state index in [-0.39, 0.29) is 0 Å². The second-order valence-corrected chi connectivity index (χ2v) is 6.18. The van der Waals surface area contributed by atoms with Crippen LogP contribution in [0.1, 0.15) is 39.7 Å². The zero-order chi connectivity index (χ0) is 13.8. The fraction of sp³-hybridized carbons (Fsp3) is 0.438. The lowest BCUT2D eigenvalue weighted by atomic mass is 10.0. The highest BCUT2D eigenvalue weighted by atomic mass is 32.1. The van der Waals surface area contributed by atoms with E-state index in [1.165, 1.54) is 21.0 Å². The molecule has 0 fully saturated rings. The standard InChI is InChI=1S/C16H22N2S/c1-5-13-6-8-14(9-7-13)15(17-4)10-16-18-11(2)12(3)19-16/h6-9,15,17H,5,10H2,1-4H3. The van der Waals surface area contributed by atoms with Crippen LogP contribution in [0.3, 0.4) is 0 Å². The molecule has 1 unspecified atom stereocenters. The average Bonchev–Trinajstić information content (AvgIpc) is 2.75. The topological polar surface area (TPSA) is 24.9 Å². The number of likely N-dealkylation sites (N-methyl/N-ethyl adjacent to an activating group) is 1. The first-order valence-corrected chi connectivity index (χ1v) is 7.64. The number of aryl methyl sites for hydroxylation is 3. The van der Waals surface area contributed by atoms with Crippen molar-refractivity contribution in [1.29, 1.82) is 0 Å². The number of hydrogen-bond donors (Lipinski definition) is 1. The quantitative estimate of drug-likeness (QED) is 0.896. The summed E-state index contributed by atoms with van der Waals surface area (Å²) in [6.45, 7) is 6.41. The molecule has 1 atom stereocenters. The zero-order valence-corrected chi connectivity index (χ0v) is 13.0. The van der Waals surface area contributed by atoms with Crippen LogP contribution in [0, 0.1) is 13.8 Å². The maximum absolute atomic E-state index is 4.64. The Balaban J connectivity index is 2.14. The van der Waals surface area contributed by atoms with Gasteiger partial charge in [0.05, 0.1) is 10.7 Å². The minimum Gasteiger partial charge on any atom is -0.313 e. The van der Waals surface area contributed by atoms with Gasteiger partial charge in [-0.05, 0) is 38.4 Å². The minimum absolute atomic E-state index is 0.343. The van der Waals surface area contributed by atoms with Crippen LogP contribution in [-0.4, -0.2) is 12.0 Å². The van der Waals surface area contributed by atoms with Gasteiger partial charge >= 0.3 is 0 Å². The van der Waals surface area contributed by atoms with Crippen LogP contribution in [0.2, 0.25) is 0 Å². The maximum atomic E-state index is 4.64. The molecule has 0 spiro atoms.